The quantitative estimate of drug-likeness (QED) is 0.721. The van der Waals surface area contributed by atoms with Gasteiger partial charge in [-0.2, -0.15) is 0 Å². The highest BCUT2D eigenvalue weighted by atomic mass is 28.2. The van der Waals surface area contributed by atoms with E-state index >= 15 is 0 Å². The molecule has 0 radical (unpaired) electrons. The third kappa shape index (κ3) is 4.65. The fourth-order valence-electron chi connectivity index (χ4n) is 2.01. The van der Waals surface area contributed by atoms with E-state index in [4.69, 9.17) is 0 Å². The van der Waals surface area contributed by atoms with E-state index in [-0.39, 0.29) is 5.41 Å². The molecule has 0 saturated heterocycles. The van der Waals surface area contributed by atoms with Crippen LogP contribution in [0.25, 0.3) is 11.1 Å². The van der Waals surface area contributed by atoms with Crippen molar-refractivity contribution in [3.8, 4) is 11.1 Å². The predicted octanol–water partition coefficient (Wildman–Crippen LogP) is 3.56. The molecule has 102 valence electrons. The molecular formula is C17H24OSi. The van der Waals surface area contributed by atoms with Crippen molar-refractivity contribution >= 4 is 10.5 Å². The molecule has 2 rings (SSSR count). The van der Waals surface area contributed by atoms with Crippen molar-refractivity contribution in [1.82, 2.24) is 0 Å². The predicted molar refractivity (Wildman–Crippen MR) is 87.5 cm³/mol. The third-order valence-electron chi connectivity index (χ3n) is 2.82. The molecule has 2 aromatic rings. The Hall–Kier alpha value is -1.38. The molecular weight excluding hydrogens is 248 g/mol. The van der Waals surface area contributed by atoms with Gasteiger partial charge >= 0.3 is 0 Å². The van der Waals surface area contributed by atoms with Crippen LogP contribution in [0.2, 0.25) is 0 Å². The molecule has 0 fully saturated rings. The second-order valence-corrected chi connectivity index (χ2v) is 6.39. The molecule has 19 heavy (non-hydrogen) atoms. The molecule has 0 spiro atoms. The van der Waals surface area contributed by atoms with Crippen LogP contribution in [0.4, 0.5) is 0 Å². The first-order valence-corrected chi connectivity index (χ1v) is 7.37. The van der Waals surface area contributed by atoms with E-state index < -0.39 is 0 Å². The summed E-state index contributed by atoms with van der Waals surface area (Å²) in [5.41, 5.74) is 4.23. The number of hydrogen-bond donors (Lipinski definition) is 0. The summed E-state index contributed by atoms with van der Waals surface area (Å²) >= 11 is 0. The van der Waals surface area contributed by atoms with Gasteiger partial charge in [-0.15, -0.1) is 0 Å². The monoisotopic (exact) mass is 272 g/mol. The molecule has 1 nitrogen and oxygen atoms in total. The standard InChI is InChI=1S/C16H18.CH6OSi/c1-16(2,3)15-12-8-7-11-14(15)13-9-5-4-6-10-13;1-2-3/h4-12H,1-3H3;1,3H3. The Morgan fingerprint density at radius 2 is 1.32 bits per heavy atom. The maximum absolute atomic E-state index is 4.39. The number of hydrogen-bond acceptors (Lipinski definition) is 1. The Morgan fingerprint density at radius 3 is 1.84 bits per heavy atom. The van der Waals surface area contributed by atoms with Crippen molar-refractivity contribution in [3.05, 3.63) is 60.2 Å². The van der Waals surface area contributed by atoms with Crippen molar-refractivity contribution < 1.29 is 4.43 Å². The van der Waals surface area contributed by atoms with Crippen LogP contribution in [0.3, 0.4) is 0 Å². The minimum Gasteiger partial charge on any atom is -0.431 e. The van der Waals surface area contributed by atoms with E-state index in [2.05, 4.69) is 79.8 Å². The first-order chi connectivity index (χ1) is 9.00. The molecule has 0 aliphatic heterocycles. The third-order valence-corrected chi connectivity index (χ3v) is 2.82. The molecule has 0 bridgehead atoms. The van der Waals surface area contributed by atoms with Gasteiger partial charge in [0.25, 0.3) is 0 Å². The van der Waals surface area contributed by atoms with E-state index in [9.17, 15) is 0 Å². The zero-order valence-corrected chi connectivity index (χ0v) is 14.6. The summed E-state index contributed by atoms with van der Waals surface area (Å²) in [6.07, 6.45) is 0. The average Bonchev–Trinajstić information content (AvgIpc) is 2.40. The Labute approximate surface area is 120 Å². The summed E-state index contributed by atoms with van der Waals surface area (Å²) in [5.74, 6) is 0. The van der Waals surface area contributed by atoms with Gasteiger partial charge in [0.2, 0.25) is 0 Å². The van der Waals surface area contributed by atoms with Crippen LogP contribution in [-0.4, -0.2) is 17.6 Å². The Bertz CT molecular complexity index is 486. The van der Waals surface area contributed by atoms with Gasteiger partial charge in [-0.05, 0) is 22.1 Å². The summed E-state index contributed by atoms with van der Waals surface area (Å²) in [5, 5.41) is 0. The molecule has 0 heterocycles. The van der Waals surface area contributed by atoms with E-state index in [1.54, 1.807) is 7.11 Å². The summed E-state index contributed by atoms with van der Waals surface area (Å²) in [6, 6.07) is 19.2. The van der Waals surface area contributed by atoms with E-state index in [1.807, 2.05) is 0 Å². The number of benzene rings is 2. The van der Waals surface area contributed by atoms with Crippen molar-refractivity contribution in [1.29, 1.82) is 0 Å². The second-order valence-electron chi connectivity index (χ2n) is 5.57. The summed E-state index contributed by atoms with van der Waals surface area (Å²) < 4.78 is 4.39. The van der Waals surface area contributed by atoms with Gasteiger partial charge in [-0.25, -0.2) is 0 Å². The van der Waals surface area contributed by atoms with Gasteiger partial charge < -0.3 is 4.43 Å². The van der Waals surface area contributed by atoms with E-state index in [1.165, 1.54) is 16.7 Å². The second kappa shape index (κ2) is 7.27. The smallest absolute Gasteiger partial charge is 0.145 e. The van der Waals surface area contributed by atoms with Gasteiger partial charge in [0.15, 0.2) is 0 Å². The lowest BCUT2D eigenvalue weighted by Gasteiger charge is -2.23. The molecule has 0 N–H and O–H groups in total. The SMILES string of the molecule is CC(C)(C)c1ccccc1-c1ccccc1.CO[SiH3]. The normalized spacial score (nSPS) is 10.7. The van der Waals surface area contributed by atoms with Gasteiger partial charge in [-0.3, -0.25) is 0 Å². The van der Waals surface area contributed by atoms with Crippen molar-refractivity contribution in [2.24, 2.45) is 0 Å². The Balaban J connectivity index is 0.000000550. The van der Waals surface area contributed by atoms with Crippen LogP contribution in [0.5, 0.6) is 0 Å². The van der Waals surface area contributed by atoms with Crippen LogP contribution < -0.4 is 0 Å². The van der Waals surface area contributed by atoms with E-state index in [0.717, 1.165) is 10.5 Å². The topological polar surface area (TPSA) is 9.23 Å². The molecule has 2 aromatic carbocycles. The fraction of sp³-hybridized carbons (Fsp3) is 0.294. The number of rotatable bonds is 1. The Morgan fingerprint density at radius 1 is 0.842 bits per heavy atom. The molecule has 0 atom stereocenters. The molecule has 0 amide bonds. The largest absolute Gasteiger partial charge is 0.431 e. The van der Waals surface area contributed by atoms with Gasteiger partial charge in [0.1, 0.15) is 10.5 Å². The summed E-state index contributed by atoms with van der Waals surface area (Å²) in [6.45, 7) is 6.78. The highest BCUT2D eigenvalue weighted by molar-refractivity contribution is 5.97. The van der Waals surface area contributed by atoms with Gasteiger partial charge in [-0.1, -0.05) is 75.4 Å². The molecule has 0 unspecified atom stereocenters. The van der Waals surface area contributed by atoms with Gasteiger partial charge in [0, 0.05) is 7.11 Å². The summed E-state index contributed by atoms with van der Waals surface area (Å²) in [7, 11) is 2.56. The maximum Gasteiger partial charge on any atom is 0.145 e. The highest BCUT2D eigenvalue weighted by Crippen LogP contribution is 2.32. The van der Waals surface area contributed by atoms with Crippen LogP contribution in [0.1, 0.15) is 26.3 Å². The first kappa shape index (κ1) is 15.7. The maximum atomic E-state index is 4.39. The van der Waals surface area contributed by atoms with Crippen molar-refractivity contribution in [2.45, 2.75) is 26.2 Å². The lowest BCUT2D eigenvalue weighted by Crippen LogP contribution is -2.12. The molecule has 0 aromatic heterocycles. The first-order valence-electron chi connectivity index (χ1n) is 6.55. The lowest BCUT2D eigenvalue weighted by atomic mass is 9.82. The van der Waals surface area contributed by atoms with Gasteiger partial charge in [0.05, 0.1) is 0 Å². The average molecular weight is 272 g/mol. The van der Waals surface area contributed by atoms with Crippen LogP contribution in [0, 0.1) is 0 Å². The fourth-order valence-corrected chi connectivity index (χ4v) is 2.01. The molecule has 0 aliphatic carbocycles. The van der Waals surface area contributed by atoms with Crippen LogP contribution in [-0.2, 0) is 9.84 Å². The molecule has 0 aliphatic rings. The van der Waals surface area contributed by atoms with Crippen molar-refractivity contribution in [3.63, 3.8) is 0 Å². The summed E-state index contributed by atoms with van der Waals surface area (Å²) in [4.78, 5) is 0. The molecule has 0 saturated carbocycles. The Kier molecular flexibility index (Phi) is 5.99. The van der Waals surface area contributed by atoms with Crippen LogP contribution >= 0.6 is 0 Å². The van der Waals surface area contributed by atoms with Crippen LogP contribution in [0.15, 0.2) is 54.6 Å². The zero-order valence-electron chi connectivity index (χ0n) is 12.6. The highest BCUT2D eigenvalue weighted by Gasteiger charge is 2.17. The van der Waals surface area contributed by atoms with E-state index in [0.29, 0.717) is 0 Å². The van der Waals surface area contributed by atoms with Crippen molar-refractivity contribution in [2.75, 3.05) is 7.11 Å². The molecule has 2 heteroatoms. The zero-order chi connectivity index (χ0) is 14.3. The minimum atomic E-state index is 0.187. The minimum absolute atomic E-state index is 0.187. The lowest BCUT2D eigenvalue weighted by molar-refractivity contribution is 0.460.